The third kappa shape index (κ3) is 8.08. The molecule has 0 fully saturated rings. The van der Waals surface area contributed by atoms with E-state index < -0.39 is 8.56 Å². The Labute approximate surface area is 165 Å². The summed E-state index contributed by atoms with van der Waals surface area (Å²) in [5.41, 5.74) is 2.41. The summed E-state index contributed by atoms with van der Waals surface area (Å²) in [6, 6.07) is 22.4. The molecule has 0 amide bonds. The van der Waals surface area contributed by atoms with Crippen molar-refractivity contribution in [3.8, 4) is 0 Å². The molecule has 0 radical (unpaired) electrons. The molecule has 0 aliphatic rings. The predicted octanol–water partition coefficient (Wildman–Crippen LogP) is 6.71. The van der Waals surface area contributed by atoms with Crippen LogP contribution in [-0.4, -0.2) is 20.8 Å². The van der Waals surface area contributed by atoms with Crippen LogP contribution in [0.4, 0.5) is 0 Å². The molecular weight excluding hydrogens is 348 g/mol. The quantitative estimate of drug-likeness (QED) is 0.427. The molecule has 0 spiro atoms. The van der Waals surface area contributed by atoms with Crippen molar-refractivity contribution in [2.24, 2.45) is 0 Å². The number of rotatable bonds is 10. The van der Waals surface area contributed by atoms with Crippen molar-refractivity contribution in [2.75, 3.05) is 0 Å². The number of allylic oxidation sites excluding steroid dienone is 2. The first-order valence-electron chi connectivity index (χ1n) is 9.78. The topological polar surface area (TPSA) is 18.5 Å². The third-order valence-corrected chi connectivity index (χ3v) is 7.50. The minimum Gasteiger partial charge on any atom is -0.391 e. The Hall–Kier alpha value is -1.94. The van der Waals surface area contributed by atoms with E-state index in [2.05, 4.69) is 101 Å². The zero-order valence-corrected chi connectivity index (χ0v) is 18.0. The summed E-state index contributed by atoms with van der Waals surface area (Å²) < 4.78 is 12.9. The van der Waals surface area contributed by atoms with Crippen LogP contribution in [0.5, 0.6) is 0 Å². The molecule has 144 valence electrons. The van der Waals surface area contributed by atoms with E-state index in [0.29, 0.717) is 0 Å². The van der Waals surface area contributed by atoms with Gasteiger partial charge in [0.2, 0.25) is 0 Å². The SMILES string of the molecule is CC(C)O[Si](C/C=C/c1ccccc1)(C/C=C/c1ccccc1)OC(C)C. The zero-order chi connectivity index (χ0) is 19.5. The Morgan fingerprint density at radius 2 is 1.04 bits per heavy atom. The average molecular weight is 381 g/mol. The summed E-state index contributed by atoms with van der Waals surface area (Å²) in [5, 5.41) is 0. The van der Waals surface area contributed by atoms with Crippen LogP contribution >= 0.6 is 0 Å². The van der Waals surface area contributed by atoms with Crippen molar-refractivity contribution in [1.29, 1.82) is 0 Å². The molecule has 27 heavy (non-hydrogen) atoms. The van der Waals surface area contributed by atoms with Gasteiger partial charge in [-0.25, -0.2) is 0 Å². The molecule has 2 aromatic carbocycles. The van der Waals surface area contributed by atoms with E-state index >= 15 is 0 Å². The van der Waals surface area contributed by atoms with Crippen LogP contribution < -0.4 is 0 Å². The van der Waals surface area contributed by atoms with Crippen molar-refractivity contribution < 1.29 is 8.85 Å². The first-order chi connectivity index (χ1) is 13.0. The van der Waals surface area contributed by atoms with E-state index in [4.69, 9.17) is 8.85 Å². The predicted molar refractivity (Wildman–Crippen MR) is 119 cm³/mol. The van der Waals surface area contributed by atoms with Gasteiger partial charge in [0, 0.05) is 24.3 Å². The number of hydrogen-bond donors (Lipinski definition) is 0. The highest BCUT2D eigenvalue weighted by Gasteiger charge is 2.37. The molecule has 2 aromatic rings. The highest BCUT2D eigenvalue weighted by Crippen LogP contribution is 2.25. The summed E-state index contributed by atoms with van der Waals surface area (Å²) in [6.45, 7) is 8.36. The molecule has 0 aliphatic heterocycles. The standard InChI is InChI=1S/C24H32O2Si/c1-21(2)25-27(26-22(3)4,19-11-17-23-13-7-5-8-14-23)20-12-18-24-15-9-6-10-16-24/h5-18,21-22H,19-20H2,1-4H3/b17-11+,18-12+. The van der Waals surface area contributed by atoms with E-state index in [9.17, 15) is 0 Å². The van der Waals surface area contributed by atoms with Crippen LogP contribution in [0, 0.1) is 0 Å². The van der Waals surface area contributed by atoms with Crippen molar-refractivity contribution in [3.63, 3.8) is 0 Å². The van der Waals surface area contributed by atoms with Gasteiger partial charge in [0.15, 0.2) is 0 Å². The van der Waals surface area contributed by atoms with Gasteiger partial charge in [0.25, 0.3) is 0 Å². The molecule has 0 atom stereocenters. The van der Waals surface area contributed by atoms with Crippen molar-refractivity contribution in [3.05, 3.63) is 83.9 Å². The Balaban J connectivity index is 2.16. The lowest BCUT2D eigenvalue weighted by molar-refractivity contribution is 0.109. The summed E-state index contributed by atoms with van der Waals surface area (Å²) in [4.78, 5) is 0. The fourth-order valence-corrected chi connectivity index (χ4v) is 6.32. The Morgan fingerprint density at radius 3 is 1.37 bits per heavy atom. The van der Waals surface area contributed by atoms with Crippen LogP contribution in [0.1, 0.15) is 38.8 Å². The molecule has 0 heterocycles. The number of benzene rings is 2. The van der Waals surface area contributed by atoms with E-state index in [0.717, 1.165) is 12.1 Å². The zero-order valence-electron chi connectivity index (χ0n) is 17.0. The van der Waals surface area contributed by atoms with Crippen LogP contribution in [-0.2, 0) is 8.85 Å². The fraction of sp³-hybridized carbons (Fsp3) is 0.333. The smallest absolute Gasteiger partial charge is 0.346 e. The maximum atomic E-state index is 6.44. The highest BCUT2D eigenvalue weighted by atomic mass is 28.4. The molecule has 0 aromatic heterocycles. The van der Waals surface area contributed by atoms with E-state index in [1.807, 2.05) is 12.1 Å². The molecule has 3 heteroatoms. The maximum Gasteiger partial charge on any atom is 0.346 e. The molecule has 0 saturated heterocycles. The summed E-state index contributed by atoms with van der Waals surface area (Å²) in [5.74, 6) is 0. The van der Waals surface area contributed by atoms with Gasteiger partial charge in [-0.3, -0.25) is 0 Å². The second-order valence-electron chi connectivity index (χ2n) is 7.28. The monoisotopic (exact) mass is 380 g/mol. The lowest BCUT2D eigenvalue weighted by atomic mass is 10.2. The normalized spacial score (nSPS) is 12.7. The Kier molecular flexibility index (Phi) is 8.72. The molecule has 0 N–H and O–H groups in total. The van der Waals surface area contributed by atoms with Gasteiger partial charge >= 0.3 is 8.56 Å². The van der Waals surface area contributed by atoms with Crippen LogP contribution in [0.25, 0.3) is 12.2 Å². The van der Waals surface area contributed by atoms with Crippen molar-refractivity contribution in [1.82, 2.24) is 0 Å². The van der Waals surface area contributed by atoms with Crippen LogP contribution in [0.15, 0.2) is 72.8 Å². The van der Waals surface area contributed by atoms with Gasteiger partial charge in [-0.1, -0.05) is 85.0 Å². The van der Waals surface area contributed by atoms with Gasteiger partial charge in [-0.15, -0.1) is 0 Å². The summed E-state index contributed by atoms with van der Waals surface area (Å²) in [6.07, 6.45) is 9.04. The third-order valence-electron chi connectivity index (χ3n) is 3.98. The fourth-order valence-electron chi connectivity index (χ4n) is 3.04. The molecule has 2 rings (SSSR count). The van der Waals surface area contributed by atoms with Gasteiger partial charge in [-0.05, 0) is 38.8 Å². The van der Waals surface area contributed by atoms with E-state index in [1.54, 1.807) is 0 Å². The van der Waals surface area contributed by atoms with Crippen molar-refractivity contribution >= 4 is 20.7 Å². The second kappa shape index (κ2) is 11.0. The molecule has 0 bridgehead atoms. The maximum absolute atomic E-state index is 6.44. The number of hydrogen-bond acceptors (Lipinski definition) is 2. The van der Waals surface area contributed by atoms with Gasteiger partial charge in [0.1, 0.15) is 0 Å². The first kappa shape index (κ1) is 21.4. The minimum atomic E-state index is -2.40. The van der Waals surface area contributed by atoms with Crippen molar-refractivity contribution in [2.45, 2.75) is 52.0 Å². The van der Waals surface area contributed by atoms with Gasteiger partial charge in [-0.2, -0.15) is 0 Å². The molecule has 2 nitrogen and oxygen atoms in total. The van der Waals surface area contributed by atoms with Crippen LogP contribution in [0.2, 0.25) is 12.1 Å². The minimum absolute atomic E-state index is 0.144. The van der Waals surface area contributed by atoms with Gasteiger partial charge in [0.05, 0.1) is 0 Å². The first-order valence-corrected chi connectivity index (χ1v) is 12.0. The molecular formula is C24H32O2Si. The molecule has 0 aliphatic carbocycles. The second-order valence-corrected chi connectivity index (χ2v) is 10.4. The van der Waals surface area contributed by atoms with Crippen LogP contribution in [0.3, 0.4) is 0 Å². The average Bonchev–Trinajstić information content (AvgIpc) is 2.62. The lowest BCUT2D eigenvalue weighted by Crippen LogP contribution is -2.45. The summed E-state index contributed by atoms with van der Waals surface area (Å²) >= 11 is 0. The molecule has 0 saturated carbocycles. The van der Waals surface area contributed by atoms with E-state index in [1.165, 1.54) is 11.1 Å². The van der Waals surface area contributed by atoms with Gasteiger partial charge < -0.3 is 8.85 Å². The Morgan fingerprint density at radius 1 is 0.667 bits per heavy atom. The largest absolute Gasteiger partial charge is 0.391 e. The highest BCUT2D eigenvalue weighted by molar-refractivity contribution is 6.68. The Bertz CT molecular complexity index is 642. The summed E-state index contributed by atoms with van der Waals surface area (Å²) in [7, 11) is -2.40. The van der Waals surface area contributed by atoms with E-state index in [-0.39, 0.29) is 12.2 Å². The lowest BCUT2D eigenvalue weighted by Gasteiger charge is -2.33. The molecule has 0 unspecified atom stereocenters.